The average Bonchev–Trinajstić information content (AvgIpc) is 2.62. The van der Waals surface area contributed by atoms with Crippen LogP contribution >= 0.6 is 0 Å². The number of unbranched alkanes of at least 4 members (excludes halogenated alkanes) is 1. The van der Waals surface area contributed by atoms with E-state index in [1.165, 1.54) is 24.9 Å². The number of phenolic OH excluding ortho intramolecular Hbond substituents is 1. The van der Waals surface area contributed by atoms with E-state index < -0.39 is 29.7 Å². The number of likely N-dealkylation sites (N-methyl/N-ethyl adjacent to an activating group) is 1. The maximum absolute atomic E-state index is 13.0. The minimum absolute atomic E-state index is 0.109. The fourth-order valence-electron chi connectivity index (χ4n) is 2.86. The number of carbonyl (C=O) groups excluding carboxylic acids is 3. The molecule has 2 atom stereocenters. The summed E-state index contributed by atoms with van der Waals surface area (Å²) in [7, 11) is 1.52. The van der Waals surface area contributed by atoms with Crippen molar-refractivity contribution in [2.75, 3.05) is 13.6 Å². The molecule has 0 bridgehead atoms. The Balaban J connectivity index is 3.06. The number of nitrogens with zero attached hydrogens (tertiary/aromatic N) is 1. The molecule has 1 rings (SSSR count). The van der Waals surface area contributed by atoms with Crippen LogP contribution in [0.1, 0.15) is 64.6 Å². The van der Waals surface area contributed by atoms with Gasteiger partial charge in [-0.25, -0.2) is 4.79 Å². The SMILES string of the molecule is CCCCNC(=O)C(c1ccc(O)c(C)c1)N(C)C(=O)C(C)NC(=O)OC(C)(C)C. The lowest BCUT2D eigenvalue weighted by Crippen LogP contribution is -2.50. The molecule has 0 saturated carbocycles. The highest BCUT2D eigenvalue weighted by molar-refractivity contribution is 5.91. The second kappa shape index (κ2) is 10.8. The first kappa shape index (κ1) is 25.3. The van der Waals surface area contributed by atoms with Crippen LogP contribution in [0.4, 0.5) is 4.79 Å². The van der Waals surface area contributed by atoms with Crippen LogP contribution in [-0.4, -0.2) is 53.1 Å². The molecule has 0 spiro atoms. The maximum Gasteiger partial charge on any atom is 0.408 e. The van der Waals surface area contributed by atoms with Gasteiger partial charge in [0.25, 0.3) is 0 Å². The Hall–Kier alpha value is -2.77. The van der Waals surface area contributed by atoms with Crippen molar-refractivity contribution >= 4 is 17.9 Å². The highest BCUT2D eigenvalue weighted by Gasteiger charge is 2.32. The molecule has 0 aliphatic rings. The van der Waals surface area contributed by atoms with E-state index in [1.54, 1.807) is 39.8 Å². The summed E-state index contributed by atoms with van der Waals surface area (Å²) in [6, 6.07) is 2.99. The molecule has 0 aliphatic heterocycles. The van der Waals surface area contributed by atoms with Crippen molar-refractivity contribution < 1.29 is 24.2 Å². The Morgan fingerprint density at radius 3 is 2.40 bits per heavy atom. The van der Waals surface area contributed by atoms with Gasteiger partial charge in [-0.15, -0.1) is 0 Å². The smallest absolute Gasteiger partial charge is 0.408 e. The molecule has 8 heteroatoms. The predicted octanol–water partition coefficient (Wildman–Crippen LogP) is 3.03. The fraction of sp³-hybridized carbons (Fsp3) is 0.591. The van der Waals surface area contributed by atoms with Crippen molar-refractivity contribution in [3.8, 4) is 5.75 Å². The molecule has 0 heterocycles. The first-order valence-electron chi connectivity index (χ1n) is 10.2. The van der Waals surface area contributed by atoms with E-state index >= 15 is 0 Å². The van der Waals surface area contributed by atoms with E-state index in [-0.39, 0.29) is 11.7 Å². The summed E-state index contributed by atoms with van der Waals surface area (Å²) < 4.78 is 5.20. The molecular formula is C22H35N3O5. The highest BCUT2D eigenvalue weighted by Crippen LogP contribution is 2.26. The lowest BCUT2D eigenvalue weighted by molar-refractivity contribution is -0.140. The average molecular weight is 422 g/mol. The Bertz CT molecular complexity index is 758. The van der Waals surface area contributed by atoms with E-state index in [0.29, 0.717) is 17.7 Å². The third-order valence-electron chi connectivity index (χ3n) is 4.45. The van der Waals surface area contributed by atoms with E-state index in [9.17, 15) is 19.5 Å². The summed E-state index contributed by atoms with van der Waals surface area (Å²) >= 11 is 0. The molecule has 0 radical (unpaired) electrons. The first-order chi connectivity index (χ1) is 13.9. The van der Waals surface area contributed by atoms with E-state index in [4.69, 9.17) is 4.74 Å². The molecule has 30 heavy (non-hydrogen) atoms. The van der Waals surface area contributed by atoms with Crippen LogP contribution in [0.3, 0.4) is 0 Å². The van der Waals surface area contributed by atoms with E-state index in [0.717, 1.165) is 12.8 Å². The van der Waals surface area contributed by atoms with Gasteiger partial charge in [0, 0.05) is 13.6 Å². The number of benzene rings is 1. The number of phenols is 1. The van der Waals surface area contributed by atoms with Gasteiger partial charge >= 0.3 is 6.09 Å². The molecule has 1 aromatic rings. The summed E-state index contributed by atoms with van der Waals surface area (Å²) in [5, 5.41) is 15.2. The number of ether oxygens (including phenoxy) is 1. The standard InChI is InChI=1S/C22H35N3O5/c1-8-9-12-23-19(27)18(16-10-11-17(26)14(2)13-16)25(7)20(28)15(3)24-21(29)30-22(4,5)6/h10-11,13,15,18,26H,8-9,12H2,1-7H3,(H,23,27)(H,24,29). The lowest BCUT2D eigenvalue weighted by Gasteiger charge is -2.30. The molecule has 0 aliphatic carbocycles. The molecule has 0 aromatic heterocycles. The minimum Gasteiger partial charge on any atom is -0.508 e. The molecule has 1 aromatic carbocycles. The molecule has 8 nitrogen and oxygen atoms in total. The highest BCUT2D eigenvalue weighted by atomic mass is 16.6. The van der Waals surface area contributed by atoms with Crippen molar-refractivity contribution in [1.29, 1.82) is 0 Å². The van der Waals surface area contributed by atoms with Gasteiger partial charge in [0.05, 0.1) is 0 Å². The lowest BCUT2D eigenvalue weighted by atomic mass is 10.0. The second-order valence-corrected chi connectivity index (χ2v) is 8.41. The van der Waals surface area contributed by atoms with Crippen LogP contribution < -0.4 is 10.6 Å². The van der Waals surface area contributed by atoms with Gasteiger partial charge in [-0.05, 0) is 64.3 Å². The van der Waals surface area contributed by atoms with Crippen LogP contribution in [0.2, 0.25) is 0 Å². The quantitative estimate of drug-likeness (QED) is 0.559. The molecule has 0 saturated heterocycles. The molecule has 168 valence electrons. The number of nitrogens with one attached hydrogen (secondary N) is 2. The number of carbonyl (C=O) groups is 3. The van der Waals surface area contributed by atoms with Crippen molar-refractivity contribution in [3.63, 3.8) is 0 Å². The first-order valence-corrected chi connectivity index (χ1v) is 10.2. The van der Waals surface area contributed by atoms with Gasteiger partial charge in [-0.3, -0.25) is 9.59 Å². The number of rotatable bonds is 8. The molecular weight excluding hydrogens is 386 g/mol. The van der Waals surface area contributed by atoms with Crippen LogP contribution in [0.5, 0.6) is 5.75 Å². The number of hydrogen-bond donors (Lipinski definition) is 3. The summed E-state index contributed by atoms with van der Waals surface area (Å²) in [5.41, 5.74) is 0.476. The summed E-state index contributed by atoms with van der Waals surface area (Å²) in [6.07, 6.45) is 1.04. The molecule has 3 N–H and O–H groups in total. The van der Waals surface area contributed by atoms with Gasteiger partial charge in [-0.1, -0.05) is 19.4 Å². The number of aryl methyl sites for hydroxylation is 1. The summed E-state index contributed by atoms with van der Waals surface area (Å²) in [4.78, 5) is 39.2. The van der Waals surface area contributed by atoms with Crippen LogP contribution in [0.25, 0.3) is 0 Å². The Labute approximate surface area is 179 Å². The molecule has 3 amide bonds. The Morgan fingerprint density at radius 2 is 1.87 bits per heavy atom. The number of aromatic hydroxyl groups is 1. The third kappa shape index (κ3) is 7.57. The number of alkyl carbamates (subject to hydrolysis) is 1. The predicted molar refractivity (Wildman–Crippen MR) is 115 cm³/mol. The third-order valence-corrected chi connectivity index (χ3v) is 4.45. The van der Waals surface area contributed by atoms with Crippen molar-refractivity contribution in [2.45, 2.75) is 72.1 Å². The van der Waals surface area contributed by atoms with Gasteiger partial charge in [0.2, 0.25) is 11.8 Å². The van der Waals surface area contributed by atoms with Gasteiger partial charge < -0.3 is 25.4 Å². The topological polar surface area (TPSA) is 108 Å². The Morgan fingerprint density at radius 1 is 1.23 bits per heavy atom. The van der Waals surface area contributed by atoms with Crippen LogP contribution in [0.15, 0.2) is 18.2 Å². The molecule has 2 unspecified atom stereocenters. The fourth-order valence-corrected chi connectivity index (χ4v) is 2.86. The Kier molecular flexibility index (Phi) is 9.14. The monoisotopic (exact) mass is 421 g/mol. The second-order valence-electron chi connectivity index (χ2n) is 8.41. The van der Waals surface area contributed by atoms with Gasteiger partial charge in [0.15, 0.2) is 0 Å². The minimum atomic E-state index is -0.906. The zero-order chi connectivity index (χ0) is 23.1. The maximum atomic E-state index is 13.0. The van der Waals surface area contributed by atoms with Crippen molar-refractivity contribution in [1.82, 2.24) is 15.5 Å². The van der Waals surface area contributed by atoms with Crippen LogP contribution in [0, 0.1) is 6.92 Å². The molecule has 0 fully saturated rings. The van der Waals surface area contributed by atoms with E-state index in [1.807, 2.05) is 6.92 Å². The summed E-state index contributed by atoms with van der Waals surface area (Å²) in [6.45, 7) is 11.0. The normalized spacial score (nSPS) is 13.2. The van der Waals surface area contributed by atoms with Crippen molar-refractivity contribution in [2.24, 2.45) is 0 Å². The van der Waals surface area contributed by atoms with Crippen LogP contribution in [-0.2, 0) is 14.3 Å². The number of amides is 3. The number of hydrogen-bond acceptors (Lipinski definition) is 5. The summed E-state index contributed by atoms with van der Waals surface area (Å²) in [5.74, 6) is -0.658. The van der Waals surface area contributed by atoms with Gasteiger partial charge in [-0.2, -0.15) is 0 Å². The van der Waals surface area contributed by atoms with E-state index in [2.05, 4.69) is 10.6 Å². The van der Waals surface area contributed by atoms with Gasteiger partial charge in [0.1, 0.15) is 23.4 Å². The zero-order valence-corrected chi connectivity index (χ0v) is 19.0. The van der Waals surface area contributed by atoms with Crippen molar-refractivity contribution in [3.05, 3.63) is 29.3 Å². The zero-order valence-electron chi connectivity index (χ0n) is 19.0. The largest absolute Gasteiger partial charge is 0.508 e.